The van der Waals surface area contributed by atoms with E-state index in [1.54, 1.807) is 42.5 Å². The van der Waals surface area contributed by atoms with Crippen molar-refractivity contribution in [2.24, 2.45) is 0 Å². The minimum Gasteiger partial charge on any atom is -0.508 e. The highest BCUT2D eigenvalue weighted by atomic mass is 35.5. The molecule has 2 N–H and O–H groups in total. The Balaban J connectivity index is 1.69. The summed E-state index contributed by atoms with van der Waals surface area (Å²) < 4.78 is 0. The molecule has 0 aliphatic carbocycles. The lowest BCUT2D eigenvalue weighted by atomic mass is 10.0. The molecule has 0 radical (unpaired) electrons. The summed E-state index contributed by atoms with van der Waals surface area (Å²) >= 11 is 12.6. The van der Waals surface area contributed by atoms with Crippen LogP contribution in [0.25, 0.3) is 22.2 Å². The van der Waals surface area contributed by atoms with Gasteiger partial charge in [0, 0.05) is 21.3 Å². The molecule has 0 aliphatic heterocycles. The molecule has 0 spiro atoms. The number of phenolic OH excluding ortho intramolecular Hbond substituents is 1. The van der Waals surface area contributed by atoms with Crippen molar-refractivity contribution >= 4 is 45.9 Å². The quantitative estimate of drug-likeness (QED) is 0.461. The molecule has 0 atom stereocenters. The number of aromatic nitrogens is 3. The van der Waals surface area contributed by atoms with Crippen molar-refractivity contribution in [2.45, 2.75) is 0 Å². The molecule has 1 aromatic heterocycles. The van der Waals surface area contributed by atoms with Crippen molar-refractivity contribution < 1.29 is 5.11 Å². The van der Waals surface area contributed by atoms with Crippen LogP contribution < -0.4 is 5.32 Å². The normalized spacial score (nSPS) is 10.8. The summed E-state index contributed by atoms with van der Waals surface area (Å²) in [6.45, 7) is 0. The summed E-state index contributed by atoms with van der Waals surface area (Å²) in [5.74, 6) is 0.561. The number of fused-ring (bicyclic) bond motifs is 1. The first kappa shape index (κ1) is 16.6. The third-order valence-electron chi connectivity index (χ3n) is 3.83. The third kappa shape index (κ3) is 3.27. The van der Waals surface area contributed by atoms with E-state index in [2.05, 4.69) is 20.5 Å². The largest absolute Gasteiger partial charge is 0.508 e. The molecule has 0 saturated heterocycles. The van der Waals surface area contributed by atoms with E-state index in [9.17, 15) is 5.11 Å². The Kier molecular flexibility index (Phi) is 4.32. The highest BCUT2D eigenvalue weighted by Gasteiger charge is 2.10. The zero-order valence-corrected chi connectivity index (χ0v) is 14.8. The van der Waals surface area contributed by atoms with Gasteiger partial charge in [-0.1, -0.05) is 35.3 Å². The molecule has 3 aromatic carbocycles. The Morgan fingerprint density at radius 1 is 0.808 bits per heavy atom. The summed E-state index contributed by atoms with van der Waals surface area (Å²) in [6.07, 6.45) is 0. The Morgan fingerprint density at radius 2 is 1.54 bits per heavy atom. The molecule has 0 amide bonds. The molecule has 128 valence electrons. The van der Waals surface area contributed by atoms with Crippen LogP contribution in [0.4, 0.5) is 11.6 Å². The highest BCUT2D eigenvalue weighted by Crippen LogP contribution is 2.35. The third-order valence-corrected chi connectivity index (χ3v) is 4.46. The van der Waals surface area contributed by atoms with Crippen LogP contribution >= 0.6 is 23.2 Å². The van der Waals surface area contributed by atoms with Crippen LogP contribution in [0.2, 0.25) is 10.0 Å². The standard InChI is InChI=1S/C19H12Cl2N4O/c20-14-2-1-3-15(21)18(14)11-4-9-16-17(10-11)24-25-19(23-16)22-12-5-7-13(26)8-6-12/h1-10,26H,(H,22,23,25). The van der Waals surface area contributed by atoms with Gasteiger partial charge in [-0.2, -0.15) is 0 Å². The van der Waals surface area contributed by atoms with Gasteiger partial charge in [-0.25, -0.2) is 4.98 Å². The van der Waals surface area contributed by atoms with E-state index >= 15 is 0 Å². The van der Waals surface area contributed by atoms with E-state index in [1.807, 2.05) is 18.2 Å². The van der Waals surface area contributed by atoms with E-state index in [1.165, 1.54) is 0 Å². The summed E-state index contributed by atoms with van der Waals surface area (Å²) in [5.41, 5.74) is 3.68. The first-order valence-electron chi connectivity index (χ1n) is 7.75. The molecule has 0 fully saturated rings. The summed E-state index contributed by atoms with van der Waals surface area (Å²) in [7, 11) is 0. The second-order valence-electron chi connectivity index (χ2n) is 5.61. The molecule has 5 nitrogen and oxygen atoms in total. The number of hydrogen-bond acceptors (Lipinski definition) is 5. The molecule has 7 heteroatoms. The van der Waals surface area contributed by atoms with Crippen molar-refractivity contribution in [3.63, 3.8) is 0 Å². The SMILES string of the molecule is Oc1ccc(Nc2nnc3cc(-c4c(Cl)cccc4Cl)ccc3n2)cc1. The minimum atomic E-state index is 0.193. The average molecular weight is 383 g/mol. The summed E-state index contributed by atoms with van der Waals surface area (Å²) in [5, 5.41) is 21.9. The molecule has 26 heavy (non-hydrogen) atoms. The van der Waals surface area contributed by atoms with Crippen molar-refractivity contribution in [1.82, 2.24) is 15.2 Å². The van der Waals surface area contributed by atoms with Crippen LogP contribution in [-0.4, -0.2) is 20.3 Å². The fourth-order valence-corrected chi connectivity index (χ4v) is 3.21. The molecule has 4 aromatic rings. The van der Waals surface area contributed by atoms with Gasteiger partial charge >= 0.3 is 0 Å². The Bertz CT molecular complexity index is 1080. The zero-order valence-electron chi connectivity index (χ0n) is 13.3. The van der Waals surface area contributed by atoms with Crippen LogP contribution in [-0.2, 0) is 0 Å². The second kappa shape index (κ2) is 6.78. The van der Waals surface area contributed by atoms with Gasteiger partial charge in [-0.3, -0.25) is 0 Å². The van der Waals surface area contributed by atoms with E-state index in [0.717, 1.165) is 16.8 Å². The second-order valence-corrected chi connectivity index (χ2v) is 6.42. The van der Waals surface area contributed by atoms with Gasteiger partial charge in [0.1, 0.15) is 11.3 Å². The zero-order chi connectivity index (χ0) is 18.1. The minimum absolute atomic E-state index is 0.193. The Hall–Kier alpha value is -2.89. The first-order chi connectivity index (χ1) is 12.6. The van der Waals surface area contributed by atoms with E-state index in [4.69, 9.17) is 23.2 Å². The number of nitrogens with one attached hydrogen (secondary N) is 1. The molecule has 0 bridgehead atoms. The van der Waals surface area contributed by atoms with Crippen molar-refractivity contribution in [3.05, 3.63) is 70.7 Å². The number of nitrogens with zero attached hydrogens (tertiary/aromatic N) is 3. The number of phenols is 1. The van der Waals surface area contributed by atoms with E-state index < -0.39 is 0 Å². The summed E-state index contributed by atoms with van der Waals surface area (Å²) in [4.78, 5) is 4.46. The molecule has 0 unspecified atom stereocenters. The summed E-state index contributed by atoms with van der Waals surface area (Å²) in [6, 6.07) is 17.6. The average Bonchev–Trinajstić information content (AvgIpc) is 2.63. The van der Waals surface area contributed by atoms with Crippen molar-refractivity contribution in [3.8, 4) is 16.9 Å². The maximum atomic E-state index is 9.33. The van der Waals surface area contributed by atoms with Gasteiger partial charge in [0.2, 0.25) is 5.95 Å². The molecule has 0 aliphatic rings. The fourth-order valence-electron chi connectivity index (χ4n) is 2.59. The highest BCUT2D eigenvalue weighted by molar-refractivity contribution is 6.39. The number of benzene rings is 3. The number of halogens is 2. The maximum absolute atomic E-state index is 9.33. The smallest absolute Gasteiger partial charge is 0.247 e. The van der Waals surface area contributed by atoms with Crippen LogP contribution in [0.3, 0.4) is 0 Å². The molecule has 1 heterocycles. The lowest BCUT2D eigenvalue weighted by Crippen LogP contribution is -1.99. The van der Waals surface area contributed by atoms with Gasteiger partial charge in [0.25, 0.3) is 0 Å². The number of anilines is 2. The molecular formula is C19H12Cl2N4O. The number of hydrogen-bond donors (Lipinski definition) is 2. The first-order valence-corrected chi connectivity index (χ1v) is 8.51. The monoisotopic (exact) mass is 382 g/mol. The lowest BCUT2D eigenvalue weighted by Gasteiger charge is -2.09. The maximum Gasteiger partial charge on any atom is 0.247 e. The van der Waals surface area contributed by atoms with Crippen LogP contribution in [0.5, 0.6) is 5.75 Å². The van der Waals surface area contributed by atoms with Gasteiger partial charge in [0.15, 0.2) is 0 Å². The van der Waals surface area contributed by atoms with Crippen LogP contribution in [0.1, 0.15) is 0 Å². The van der Waals surface area contributed by atoms with Crippen LogP contribution in [0, 0.1) is 0 Å². The predicted octanol–water partition coefficient (Wildman–Crippen LogP) is 5.45. The van der Waals surface area contributed by atoms with Gasteiger partial charge in [0.05, 0.1) is 5.52 Å². The molecular weight excluding hydrogens is 371 g/mol. The molecule has 4 rings (SSSR count). The Morgan fingerprint density at radius 3 is 2.27 bits per heavy atom. The van der Waals surface area contributed by atoms with Crippen molar-refractivity contribution in [1.29, 1.82) is 0 Å². The van der Waals surface area contributed by atoms with E-state index in [-0.39, 0.29) is 5.75 Å². The van der Waals surface area contributed by atoms with Gasteiger partial charge in [-0.15, -0.1) is 10.2 Å². The van der Waals surface area contributed by atoms with Crippen molar-refractivity contribution in [2.75, 3.05) is 5.32 Å². The van der Waals surface area contributed by atoms with Gasteiger partial charge in [-0.05, 0) is 54.1 Å². The number of rotatable bonds is 3. The lowest BCUT2D eigenvalue weighted by molar-refractivity contribution is 0.475. The Labute approximate surface area is 159 Å². The molecule has 0 saturated carbocycles. The van der Waals surface area contributed by atoms with E-state index in [0.29, 0.717) is 27.0 Å². The topological polar surface area (TPSA) is 70.9 Å². The number of aromatic hydroxyl groups is 1. The predicted molar refractivity (Wildman–Crippen MR) is 104 cm³/mol. The van der Waals surface area contributed by atoms with Crippen LogP contribution in [0.15, 0.2) is 60.7 Å². The fraction of sp³-hybridized carbons (Fsp3) is 0. The van der Waals surface area contributed by atoms with Gasteiger partial charge < -0.3 is 10.4 Å².